The number of aliphatic hydroxyl groups excluding tert-OH is 1. The van der Waals surface area contributed by atoms with Gasteiger partial charge in [0.15, 0.2) is 0 Å². The van der Waals surface area contributed by atoms with E-state index in [1.807, 2.05) is 37.3 Å². The van der Waals surface area contributed by atoms with Crippen LogP contribution in [-0.4, -0.2) is 30.9 Å². The summed E-state index contributed by atoms with van der Waals surface area (Å²) < 4.78 is 5.49. The SMILES string of the molecule is CC[C@H](O)CNCCOCc1ccccc1. The molecule has 3 nitrogen and oxygen atoms in total. The van der Waals surface area contributed by atoms with E-state index in [9.17, 15) is 5.11 Å². The van der Waals surface area contributed by atoms with E-state index in [0.717, 1.165) is 13.0 Å². The Bertz CT molecular complexity index is 264. The molecule has 0 saturated heterocycles. The summed E-state index contributed by atoms with van der Waals surface area (Å²) in [5.41, 5.74) is 1.19. The van der Waals surface area contributed by atoms with Crippen LogP contribution in [-0.2, 0) is 11.3 Å². The average molecular weight is 223 g/mol. The van der Waals surface area contributed by atoms with Crippen molar-refractivity contribution in [2.45, 2.75) is 26.1 Å². The van der Waals surface area contributed by atoms with Gasteiger partial charge in [-0.15, -0.1) is 0 Å². The Morgan fingerprint density at radius 1 is 1.31 bits per heavy atom. The predicted molar refractivity (Wildman–Crippen MR) is 65.3 cm³/mol. The third-order valence-corrected chi connectivity index (χ3v) is 2.39. The zero-order valence-corrected chi connectivity index (χ0v) is 9.86. The van der Waals surface area contributed by atoms with Crippen molar-refractivity contribution in [3.05, 3.63) is 35.9 Å². The summed E-state index contributed by atoms with van der Waals surface area (Å²) in [7, 11) is 0. The highest BCUT2D eigenvalue weighted by Gasteiger charge is 1.98. The second-order valence-corrected chi connectivity index (χ2v) is 3.80. The van der Waals surface area contributed by atoms with Gasteiger partial charge in [-0.3, -0.25) is 0 Å². The molecule has 1 atom stereocenters. The zero-order valence-electron chi connectivity index (χ0n) is 9.86. The van der Waals surface area contributed by atoms with Crippen molar-refractivity contribution in [3.8, 4) is 0 Å². The zero-order chi connectivity index (χ0) is 11.6. The maximum Gasteiger partial charge on any atom is 0.0717 e. The molecule has 0 aliphatic carbocycles. The molecule has 0 aliphatic heterocycles. The van der Waals surface area contributed by atoms with Crippen LogP contribution in [0.4, 0.5) is 0 Å². The van der Waals surface area contributed by atoms with Gasteiger partial charge in [0.2, 0.25) is 0 Å². The van der Waals surface area contributed by atoms with Crippen molar-refractivity contribution in [3.63, 3.8) is 0 Å². The average Bonchev–Trinajstić information content (AvgIpc) is 2.34. The summed E-state index contributed by atoms with van der Waals surface area (Å²) in [5.74, 6) is 0. The topological polar surface area (TPSA) is 41.5 Å². The van der Waals surface area contributed by atoms with Gasteiger partial charge in [0.05, 0.1) is 19.3 Å². The van der Waals surface area contributed by atoms with Gasteiger partial charge in [0.25, 0.3) is 0 Å². The van der Waals surface area contributed by atoms with Crippen LogP contribution in [0.25, 0.3) is 0 Å². The molecule has 16 heavy (non-hydrogen) atoms. The number of nitrogens with one attached hydrogen (secondary N) is 1. The summed E-state index contributed by atoms with van der Waals surface area (Å²) in [6, 6.07) is 10.1. The molecular formula is C13H21NO2. The largest absolute Gasteiger partial charge is 0.392 e. The van der Waals surface area contributed by atoms with Gasteiger partial charge < -0.3 is 15.2 Å². The van der Waals surface area contributed by atoms with Crippen LogP contribution >= 0.6 is 0 Å². The van der Waals surface area contributed by atoms with Crippen LogP contribution < -0.4 is 5.32 Å². The fourth-order valence-electron chi connectivity index (χ4n) is 1.32. The first kappa shape index (κ1) is 13.2. The normalized spacial score (nSPS) is 12.6. The second kappa shape index (κ2) is 8.28. The summed E-state index contributed by atoms with van der Waals surface area (Å²) in [5, 5.41) is 12.4. The smallest absolute Gasteiger partial charge is 0.0717 e. The monoisotopic (exact) mass is 223 g/mol. The van der Waals surface area contributed by atoms with Gasteiger partial charge in [-0.1, -0.05) is 37.3 Å². The van der Waals surface area contributed by atoms with Gasteiger partial charge in [-0.2, -0.15) is 0 Å². The summed E-state index contributed by atoms with van der Waals surface area (Å²) in [6.45, 7) is 4.72. The number of hydrogen-bond donors (Lipinski definition) is 2. The van der Waals surface area contributed by atoms with Crippen LogP contribution in [0.5, 0.6) is 0 Å². The minimum Gasteiger partial charge on any atom is -0.392 e. The van der Waals surface area contributed by atoms with Crippen LogP contribution in [0.1, 0.15) is 18.9 Å². The Kier molecular flexibility index (Phi) is 6.81. The highest BCUT2D eigenvalue weighted by molar-refractivity contribution is 5.13. The maximum absolute atomic E-state index is 9.29. The Labute approximate surface area is 97.4 Å². The van der Waals surface area contributed by atoms with Gasteiger partial charge in [0.1, 0.15) is 0 Å². The molecular weight excluding hydrogens is 202 g/mol. The first-order valence-corrected chi connectivity index (χ1v) is 5.83. The molecule has 0 unspecified atom stereocenters. The van der Waals surface area contributed by atoms with Gasteiger partial charge in [-0.05, 0) is 12.0 Å². The molecule has 0 heterocycles. The molecule has 0 radical (unpaired) electrons. The molecule has 0 aromatic heterocycles. The van der Waals surface area contributed by atoms with E-state index < -0.39 is 0 Å². The standard InChI is InChI=1S/C13H21NO2/c1-2-13(15)10-14-8-9-16-11-12-6-4-3-5-7-12/h3-7,13-15H,2,8-11H2,1H3/t13-/m0/s1. The molecule has 0 aliphatic rings. The Morgan fingerprint density at radius 2 is 2.06 bits per heavy atom. The van der Waals surface area contributed by atoms with E-state index in [1.165, 1.54) is 5.56 Å². The second-order valence-electron chi connectivity index (χ2n) is 3.80. The number of hydrogen-bond acceptors (Lipinski definition) is 3. The number of aliphatic hydroxyl groups is 1. The Hall–Kier alpha value is -0.900. The maximum atomic E-state index is 9.29. The van der Waals surface area contributed by atoms with E-state index in [1.54, 1.807) is 0 Å². The van der Waals surface area contributed by atoms with Crippen LogP contribution in [0, 0.1) is 0 Å². The molecule has 0 bridgehead atoms. The molecule has 90 valence electrons. The molecule has 2 N–H and O–H groups in total. The predicted octanol–water partition coefficient (Wildman–Crippen LogP) is 1.56. The number of benzene rings is 1. The lowest BCUT2D eigenvalue weighted by Gasteiger charge is -2.09. The van der Waals surface area contributed by atoms with Crippen molar-refractivity contribution in [2.24, 2.45) is 0 Å². The molecule has 0 spiro atoms. The van der Waals surface area contributed by atoms with E-state index in [2.05, 4.69) is 5.32 Å². The van der Waals surface area contributed by atoms with Gasteiger partial charge in [-0.25, -0.2) is 0 Å². The molecule has 0 amide bonds. The van der Waals surface area contributed by atoms with E-state index in [0.29, 0.717) is 19.8 Å². The minimum atomic E-state index is -0.242. The lowest BCUT2D eigenvalue weighted by molar-refractivity contribution is 0.116. The van der Waals surface area contributed by atoms with Crippen molar-refractivity contribution in [1.29, 1.82) is 0 Å². The highest BCUT2D eigenvalue weighted by Crippen LogP contribution is 1.99. The first-order valence-electron chi connectivity index (χ1n) is 5.83. The fourth-order valence-corrected chi connectivity index (χ4v) is 1.32. The first-order chi connectivity index (χ1) is 7.83. The number of ether oxygens (including phenoxy) is 1. The molecule has 3 heteroatoms. The molecule has 1 rings (SSSR count). The van der Waals surface area contributed by atoms with Crippen LogP contribution in [0.3, 0.4) is 0 Å². The molecule has 0 fully saturated rings. The third-order valence-electron chi connectivity index (χ3n) is 2.39. The molecule has 1 aromatic carbocycles. The van der Waals surface area contributed by atoms with Crippen molar-refractivity contribution < 1.29 is 9.84 Å². The van der Waals surface area contributed by atoms with E-state index in [4.69, 9.17) is 4.74 Å². The van der Waals surface area contributed by atoms with Crippen molar-refractivity contribution in [2.75, 3.05) is 19.7 Å². The summed E-state index contributed by atoms with van der Waals surface area (Å²) in [4.78, 5) is 0. The summed E-state index contributed by atoms with van der Waals surface area (Å²) in [6.07, 6.45) is 0.548. The van der Waals surface area contributed by atoms with Gasteiger partial charge in [0, 0.05) is 13.1 Å². The highest BCUT2D eigenvalue weighted by atomic mass is 16.5. The lowest BCUT2D eigenvalue weighted by Crippen LogP contribution is -2.28. The Balaban J connectivity index is 1.96. The minimum absolute atomic E-state index is 0.242. The van der Waals surface area contributed by atoms with Crippen molar-refractivity contribution in [1.82, 2.24) is 5.32 Å². The lowest BCUT2D eigenvalue weighted by atomic mass is 10.2. The quantitative estimate of drug-likeness (QED) is 0.657. The van der Waals surface area contributed by atoms with E-state index >= 15 is 0 Å². The van der Waals surface area contributed by atoms with E-state index in [-0.39, 0.29) is 6.10 Å². The van der Waals surface area contributed by atoms with Crippen molar-refractivity contribution >= 4 is 0 Å². The molecule has 1 aromatic rings. The third kappa shape index (κ3) is 5.85. The van der Waals surface area contributed by atoms with Crippen LogP contribution in [0.15, 0.2) is 30.3 Å². The fraction of sp³-hybridized carbons (Fsp3) is 0.538. The van der Waals surface area contributed by atoms with Crippen LogP contribution in [0.2, 0.25) is 0 Å². The molecule has 0 saturated carbocycles. The van der Waals surface area contributed by atoms with Gasteiger partial charge >= 0.3 is 0 Å². The Morgan fingerprint density at radius 3 is 2.75 bits per heavy atom. The number of rotatable bonds is 8. The summed E-state index contributed by atoms with van der Waals surface area (Å²) >= 11 is 0.